The summed E-state index contributed by atoms with van der Waals surface area (Å²) in [5, 5.41) is 14.0. The lowest BCUT2D eigenvalue weighted by Gasteiger charge is -2.25. The van der Waals surface area contributed by atoms with Crippen LogP contribution in [0.5, 0.6) is 0 Å². The van der Waals surface area contributed by atoms with Gasteiger partial charge in [0.15, 0.2) is 0 Å². The predicted octanol–water partition coefficient (Wildman–Crippen LogP) is 1.04. The summed E-state index contributed by atoms with van der Waals surface area (Å²) >= 11 is 0. The highest BCUT2D eigenvalue weighted by Crippen LogP contribution is 2.06. The molecule has 0 aromatic rings. The Morgan fingerprint density at radius 3 is 1.95 bits per heavy atom. The van der Waals surface area contributed by atoms with Crippen LogP contribution in [-0.2, 0) is 9.59 Å². The average molecular weight is 301 g/mol. The van der Waals surface area contributed by atoms with Crippen LogP contribution in [0.4, 0.5) is 4.79 Å². The molecule has 0 saturated carbocycles. The molecule has 122 valence electrons. The maximum Gasteiger partial charge on any atom is 0.315 e. The fourth-order valence-electron chi connectivity index (χ4n) is 1.92. The first-order chi connectivity index (χ1) is 9.72. The molecule has 7 heteroatoms. The summed E-state index contributed by atoms with van der Waals surface area (Å²) in [5.74, 6) is -1.14. The van der Waals surface area contributed by atoms with E-state index in [2.05, 4.69) is 10.6 Å². The van der Waals surface area contributed by atoms with E-state index in [0.29, 0.717) is 13.1 Å². The van der Waals surface area contributed by atoms with Crippen molar-refractivity contribution in [1.82, 2.24) is 15.5 Å². The molecular formula is C14H27N3O4. The summed E-state index contributed by atoms with van der Waals surface area (Å²) < 4.78 is 0. The normalized spacial score (nSPS) is 13.4. The van der Waals surface area contributed by atoms with E-state index in [0.717, 1.165) is 0 Å². The van der Waals surface area contributed by atoms with E-state index in [9.17, 15) is 14.4 Å². The Balaban J connectivity index is 4.52. The van der Waals surface area contributed by atoms with Crippen LogP contribution < -0.4 is 10.6 Å². The zero-order valence-corrected chi connectivity index (χ0v) is 13.5. The molecular weight excluding hydrogens is 274 g/mol. The Bertz CT molecular complexity index is 367. The fourth-order valence-corrected chi connectivity index (χ4v) is 1.92. The van der Waals surface area contributed by atoms with E-state index < -0.39 is 24.1 Å². The number of hydrogen-bond acceptors (Lipinski definition) is 3. The van der Waals surface area contributed by atoms with Crippen LogP contribution in [0.2, 0.25) is 0 Å². The number of aliphatic carboxylic acids is 1. The number of amides is 3. The van der Waals surface area contributed by atoms with Gasteiger partial charge in [0, 0.05) is 19.1 Å². The lowest BCUT2D eigenvalue weighted by Crippen LogP contribution is -2.52. The number of carboxylic acids is 1. The van der Waals surface area contributed by atoms with E-state index in [-0.39, 0.29) is 18.2 Å². The zero-order valence-electron chi connectivity index (χ0n) is 13.5. The lowest BCUT2D eigenvalue weighted by molar-refractivity contribution is -0.138. The van der Waals surface area contributed by atoms with Crippen molar-refractivity contribution in [3.8, 4) is 0 Å². The molecule has 3 amide bonds. The smallest absolute Gasteiger partial charge is 0.315 e. The van der Waals surface area contributed by atoms with Gasteiger partial charge in [0.25, 0.3) is 0 Å². The summed E-state index contributed by atoms with van der Waals surface area (Å²) in [7, 11) is 0. The number of rotatable bonds is 8. The molecule has 0 spiro atoms. The van der Waals surface area contributed by atoms with Crippen LogP contribution in [0.1, 0.15) is 41.0 Å². The van der Waals surface area contributed by atoms with E-state index in [1.807, 2.05) is 27.7 Å². The second-order valence-corrected chi connectivity index (χ2v) is 5.30. The van der Waals surface area contributed by atoms with E-state index in [1.54, 1.807) is 11.8 Å². The lowest BCUT2D eigenvalue weighted by atomic mass is 10.0. The van der Waals surface area contributed by atoms with E-state index >= 15 is 0 Å². The van der Waals surface area contributed by atoms with Gasteiger partial charge in [0.05, 0.1) is 6.42 Å². The third-order valence-electron chi connectivity index (χ3n) is 3.31. The topological polar surface area (TPSA) is 98.7 Å². The Labute approximate surface area is 126 Å². The number of carboxylic acid groups (broad SMARTS) is 1. The number of likely N-dealkylation sites (N-methyl/N-ethyl adjacent to an activating group) is 1. The molecule has 0 aromatic heterocycles. The summed E-state index contributed by atoms with van der Waals surface area (Å²) in [6.07, 6.45) is -0.149. The van der Waals surface area contributed by atoms with Gasteiger partial charge in [0.1, 0.15) is 6.04 Å². The van der Waals surface area contributed by atoms with Crippen molar-refractivity contribution in [2.24, 2.45) is 5.92 Å². The van der Waals surface area contributed by atoms with Crippen molar-refractivity contribution in [1.29, 1.82) is 0 Å². The fraction of sp³-hybridized carbons (Fsp3) is 0.786. The molecule has 0 saturated heterocycles. The molecule has 7 nitrogen and oxygen atoms in total. The maximum atomic E-state index is 12.0. The van der Waals surface area contributed by atoms with Gasteiger partial charge in [-0.25, -0.2) is 4.79 Å². The number of nitrogens with one attached hydrogen (secondary N) is 2. The van der Waals surface area contributed by atoms with E-state index in [1.165, 1.54) is 0 Å². The van der Waals surface area contributed by atoms with Crippen molar-refractivity contribution >= 4 is 17.9 Å². The van der Waals surface area contributed by atoms with Crippen LogP contribution in [0.3, 0.4) is 0 Å². The SMILES string of the molecule is CCN(CC)C(=O)C(C)NC(=O)NC(CC(=O)O)C(C)C. The molecule has 21 heavy (non-hydrogen) atoms. The van der Waals surface area contributed by atoms with Gasteiger partial charge in [-0.2, -0.15) is 0 Å². The molecule has 0 fully saturated rings. The number of nitrogens with zero attached hydrogens (tertiary/aromatic N) is 1. The first-order valence-electron chi connectivity index (χ1n) is 7.30. The van der Waals surface area contributed by atoms with Gasteiger partial charge in [-0.3, -0.25) is 9.59 Å². The first-order valence-corrected chi connectivity index (χ1v) is 7.30. The van der Waals surface area contributed by atoms with Crippen molar-refractivity contribution in [3.63, 3.8) is 0 Å². The largest absolute Gasteiger partial charge is 0.481 e. The van der Waals surface area contributed by atoms with Gasteiger partial charge in [-0.15, -0.1) is 0 Å². The molecule has 0 radical (unpaired) electrons. The summed E-state index contributed by atoms with van der Waals surface area (Å²) in [6, 6.07) is -1.65. The molecule has 2 atom stereocenters. The standard InChI is InChI=1S/C14H27N3O4/c1-6-17(7-2)13(20)10(5)15-14(21)16-11(9(3)4)8-12(18)19/h9-11H,6-8H2,1-5H3,(H,18,19)(H2,15,16,21). The highest BCUT2D eigenvalue weighted by atomic mass is 16.4. The number of hydrogen-bond donors (Lipinski definition) is 3. The van der Waals surface area contributed by atoms with E-state index in [4.69, 9.17) is 5.11 Å². The van der Waals surface area contributed by atoms with Gasteiger partial charge in [-0.05, 0) is 26.7 Å². The molecule has 0 heterocycles. The monoisotopic (exact) mass is 301 g/mol. The second-order valence-electron chi connectivity index (χ2n) is 5.30. The Hall–Kier alpha value is -1.79. The molecule has 0 aromatic carbocycles. The van der Waals surface area contributed by atoms with Crippen LogP contribution in [0.25, 0.3) is 0 Å². The summed E-state index contributed by atoms with van der Waals surface area (Å²) in [5.41, 5.74) is 0. The van der Waals surface area contributed by atoms with Gasteiger partial charge in [-0.1, -0.05) is 13.8 Å². The van der Waals surface area contributed by atoms with Gasteiger partial charge >= 0.3 is 12.0 Å². The number of carbonyl (C=O) groups is 3. The Morgan fingerprint density at radius 2 is 1.57 bits per heavy atom. The third kappa shape index (κ3) is 6.97. The van der Waals surface area contributed by atoms with Crippen LogP contribution in [0.15, 0.2) is 0 Å². The summed E-state index contributed by atoms with van der Waals surface area (Å²) in [6.45, 7) is 10.2. The first kappa shape index (κ1) is 19.2. The van der Waals surface area contributed by atoms with Crippen molar-refractivity contribution in [2.45, 2.75) is 53.1 Å². The molecule has 0 aliphatic rings. The van der Waals surface area contributed by atoms with Crippen LogP contribution >= 0.6 is 0 Å². The van der Waals surface area contributed by atoms with Crippen LogP contribution in [0, 0.1) is 5.92 Å². The molecule has 0 rings (SSSR count). The summed E-state index contributed by atoms with van der Waals surface area (Å²) in [4.78, 5) is 36.3. The van der Waals surface area contributed by atoms with Crippen molar-refractivity contribution in [2.75, 3.05) is 13.1 Å². The molecule has 0 aliphatic carbocycles. The minimum Gasteiger partial charge on any atom is -0.481 e. The molecule has 0 aliphatic heterocycles. The van der Waals surface area contributed by atoms with Gasteiger partial charge < -0.3 is 20.6 Å². The van der Waals surface area contributed by atoms with Crippen molar-refractivity contribution < 1.29 is 19.5 Å². The quantitative estimate of drug-likeness (QED) is 0.624. The second kappa shape index (κ2) is 9.20. The Morgan fingerprint density at radius 1 is 1.05 bits per heavy atom. The molecule has 3 N–H and O–H groups in total. The highest BCUT2D eigenvalue weighted by Gasteiger charge is 2.23. The molecule has 2 unspecified atom stereocenters. The minimum atomic E-state index is -0.971. The number of urea groups is 1. The van der Waals surface area contributed by atoms with Crippen molar-refractivity contribution in [3.05, 3.63) is 0 Å². The highest BCUT2D eigenvalue weighted by molar-refractivity contribution is 5.87. The molecule has 0 bridgehead atoms. The predicted molar refractivity (Wildman–Crippen MR) is 79.9 cm³/mol. The zero-order chi connectivity index (χ0) is 16.6. The van der Waals surface area contributed by atoms with Crippen LogP contribution in [-0.4, -0.2) is 53.1 Å². The Kier molecular flexibility index (Phi) is 8.42. The average Bonchev–Trinajstić information content (AvgIpc) is 2.38. The minimum absolute atomic E-state index is 0.0133. The third-order valence-corrected chi connectivity index (χ3v) is 3.31. The maximum absolute atomic E-state index is 12.0. The van der Waals surface area contributed by atoms with Gasteiger partial charge in [0.2, 0.25) is 5.91 Å². The number of carbonyl (C=O) groups excluding carboxylic acids is 2.